The molecule has 0 spiro atoms. The molecule has 1 saturated heterocycles. The summed E-state index contributed by atoms with van der Waals surface area (Å²) in [7, 11) is 0. The highest BCUT2D eigenvalue weighted by Crippen LogP contribution is 2.40. The standard InChI is InChI=1S/C25H29F4N2O/c1-17-3-8-23-21(11-17)12-18(2)31(16-25(27,28)29)24(23)20-4-6-22(7-5-20)32-10-9-30-14-19(13-26)15-30/h3-8,11,18-19,24H,1,9-10,12-16H2,2H3/t18-,24-/m1/s1. The third-order valence-electron chi connectivity index (χ3n) is 6.40. The van der Waals surface area contributed by atoms with E-state index in [4.69, 9.17) is 4.74 Å². The molecule has 0 aromatic heterocycles. The zero-order valence-electron chi connectivity index (χ0n) is 18.2. The first-order chi connectivity index (χ1) is 15.2. The summed E-state index contributed by atoms with van der Waals surface area (Å²) in [6, 6.07) is 12.3. The fraction of sp³-hybridized carbons (Fsp3) is 0.480. The van der Waals surface area contributed by atoms with Crippen molar-refractivity contribution in [3.63, 3.8) is 0 Å². The predicted octanol–water partition coefficient (Wildman–Crippen LogP) is 5.05. The van der Waals surface area contributed by atoms with Crippen LogP contribution in [0.1, 0.15) is 35.2 Å². The molecule has 2 aliphatic rings. The molecule has 2 atom stereocenters. The largest absolute Gasteiger partial charge is 0.492 e. The Bertz CT molecular complexity index is 909. The summed E-state index contributed by atoms with van der Waals surface area (Å²) in [5.74, 6) is 0.824. The number of ether oxygens (including phenoxy) is 1. The van der Waals surface area contributed by atoms with Crippen molar-refractivity contribution in [2.24, 2.45) is 5.92 Å². The van der Waals surface area contributed by atoms with E-state index in [1.807, 2.05) is 49.4 Å². The first-order valence-electron chi connectivity index (χ1n) is 11.0. The van der Waals surface area contributed by atoms with Gasteiger partial charge in [-0.15, -0.1) is 0 Å². The molecule has 32 heavy (non-hydrogen) atoms. The molecule has 2 aromatic carbocycles. The van der Waals surface area contributed by atoms with Gasteiger partial charge in [0, 0.05) is 31.6 Å². The van der Waals surface area contributed by atoms with Gasteiger partial charge in [-0.2, -0.15) is 13.2 Å². The molecular formula is C25H29F4N2O. The van der Waals surface area contributed by atoms with Gasteiger partial charge in [-0.3, -0.25) is 14.2 Å². The van der Waals surface area contributed by atoms with E-state index in [9.17, 15) is 17.6 Å². The second kappa shape index (κ2) is 9.40. The SMILES string of the molecule is [CH2]c1ccc2c(c1)C[C@@H](C)N(CC(F)(F)F)[C@@H]2c1ccc(OCCN2CC(CF)C2)cc1. The van der Waals surface area contributed by atoms with Crippen LogP contribution in [0.4, 0.5) is 17.6 Å². The molecule has 1 radical (unpaired) electrons. The Labute approximate surface area is 187 Å². The smallest absolute Gasteiger partial charge is 0.401 e. The summed E-state index contributed by atoms with van der Waals surface area (Å²) in [4.78, 5) is 3.68. The van der Waals surface area contributed by atoms with Crippen molar-refractivity contribution in [1.82, 2.24) is 9.80 Å². The maximum Gasteiger partial charge on any atom is 0.401 e. The lowest BCUT2D eigenvalue weighted by Crippen LogP contribution is -2.49. The van der Waals surface area contributed by atoms with Gasteiger partial charge in [0.15, 0.2) is 0 Å². The van der Waals surface area contributed by atoms with Crippen molar-refractivity contribution < 1.29 is 22.3 Å². The van der Waals surface area contributed by atoms with Crippen LogP contribution in [0.3, 0.4) is 0 Å². The van der Waals surface area contributed by atoms with Crippen LogP contribution in [0.25, 0.3) is 0 Å². The fourth-order valence-corrected chi connectivity index (χ4v) is 4.79. The van der Waals surface area contributed by atoms with Gasteiger partial charge < -0.3 is 4.74 Å². The number of rotatable bonds is 7. The van der Waals surface area contributed by atoms with Crippen molar-refractivity contribution in [3.8, 4) is 5.75 Å². The molecule has 2 aliphatic heterocycles. The van der Waals surface area contributed by atoms with Crippen LogP contribution < -0.4 is 4.74 Å². The summed E-state index contributed by atoms with van der Waals surface area (Å²) in [5, 5.41) is 0. The van der Waals surface area contributed by atoms with E-state index in [2.05, 4.69) is 11.8 Å². The van der Waals surface area contributed by atoms with Gasteiger partial charge in [0.1, 0.15) is 12.4 Å². The minimum absolute atomic E-state index is 0.147. The first-order valence-corrected chi connectivity index (χ1v) is 11.0. The molecule has 0 N–H and O–H groups in total. The molecule has 0 unspecified atom stereocenters. The van der Waals surface area contributed by atoms with Crippen molar-refractivity contribution in [2.75, 3.05) is 39.5 Å². The van der Waals surface area contributed by atoms with E-state index >= 15 is 0 Å². The first kappa shape index (κ1) is 23.1. The molecule has 0 aliphatic carbocycles. The van der Waals surface area contributed by atoms with Gasteiger partial charge in [0.05, 0.1) is 19.3 Å². The van der Waals surface area contributed by atoms with Crippen LogP contribution in [0.2, 0.25) is 0 Å². The summed E-state index contributed by atoms with van der Waals surface area (Å²) in [6.45, 7) is 7.34. The van der Waals surface area contributed by atoms with E-state index in [0.717, 1.165) is 41.9 Å². The van der Waals surface area contributed by atoms with Crippen LogP contribution in [0, 0.1) is 12.8 Å². The Kier molecular flexibility index (Phi) is 6.77. The molecule has 0 amide bonds. The number of hydrogen-bond acceptors (Lipinski definition) is 3. The summed E-state index contributed by atoms with van der Waals surface area (Å²) in [5.41, 5.74) is 3.62. The molecule has 2 aromatic rings. The number of halogens is 4. The Morgan fingerprint density at radius 1 is 1.09 bits per heavy atom. The molecule has 2 heterocycles. The highest BCUT2D eigenvalue weighted by molar-refractivity contribution is 5.44. The zero-order valence-corrected chi connectivity index (χ0v) is 18.2. The van der Waals surface area contributed by atoms with Gasteiger partial charge >= 0.3 is 6.18 Å². The Hall–Kier alpha value is -2.12. The molecule has 1 fully saturated rings. The average Bonchev–Trinajstić information content (AvgIpc) is 2.70. The molecule has 173 valence electrons. The fourth-order valence-electron chi connectivity index (χ4n) is 4.79. The van der Waals surface area contributed by atoms with Crippen LogP contribution in [-0.4, -0.2) is 61.5 Å². The minimum atomic E-state index is -4.28. The van der Waals surface area contributed by atoms with Crippen LogP contribution in [-0.2, 0) is 6.42 Å². The topological polar surface area (TPSA) is 15.7 Å². The highest BCUT2D eigenvalue weighted by atomic mass is 19.4. The van der Waals surface area contributed by atoms with Crippen LogP contribution >= 0.6 is 0 Å². The molecular weight excluding hydrogens is 420 g/mol. The monoisotopic (exact) mass is 449 g/mol. The number of hydrogen-bond donors (Lipinski definition) is 0. The van der Waals surface area contributed by atoms with E-state index in [0.29, 0.717) is 18.8 Å². The van der Waals surface area contributed by atoms with Crippen molar-refractivity contribution in [1.29, 1.82) is 0 Å². The molecule has 0 bridgehead atoms. The normalized spacial score (nSPS) is 22.4. The third-order valence-corrected chi connectivity index (χ3v) is 6.40. The van der Waals surface area contributed by atoms with Gasteiger partial charge in [-0.1, -0.05) is 30.3 Å². The van der Waals surface area contributed by atoms with Crippen LogP contribution in [0.15, 0.2) is 42.5 Å². The quantitative estimate of drug-likeness (QED) is 0.551. The Balaban J connectivity index is 1.50. The lowest BCUT2D eigenvalue weighted by atomic mass is 9.84. The molecule has 4 rings (SSSR count). The van der Waals surface area contributed by atoms with Gasteiger partial charge in [-0.25, -0.2) is 0 Å². The zero-order chi connectivity index (χ0) is 22.9. The van der Waals surface area contributed by atoms with E-state index in [1.54, 1.807) is 0 Å². The van der Waals surface area contributed by atoms with Gasteiger partial charge in [0.2, 0.25) is 0 Å². The average molecular weight is 450 g/mol. The lowest BCUT2D eigenvalue weighted by molar-refractivity contribution is -0.155. The molecule has 0 saturated carbocycles. The van der Waals surface area contributed by atoms with Crippen molar-refractivity contribution in [2.45, 2.75) is 31.6 Å². The van der Waals surface area contributed by atoms with E-state index in [-0.39, 0.29) is 18.6 Å². The maximum absolute atomic E-state index is 13.4. The molecule has 3 nitrogen and oxygen atoms in total. The minimum Gasteiger partial charge on any atom is -0.492 e. The van der Waals surface area contributed by atoms with E-state index < -0.39 is 18.8 Å². The van der Waals surface area contributed by atoms with Gasteiger partial charge in [0.25, 0.3) is 0 Å². The number of fused-ring (bicyclic) bond motifs is 1. The van der Waals surface area contributed by atoms with Gasteiger partial charge in [-0.05, 0) is 54.7 Å². The summed E-state index contributed by atoms with van der Waals surface area (Å²) in [6.07, 6.45) is -3.72. The number of benzene rings is 2. The number of nitrogens with zero attached hydrogens (tertiary/aromatic N) is 2. The number of alkyl halides is 4. The van der Waals surface area contributed by atoms with Crippen molar-refractivity contribution in [3.05, 3.63) is 71.6 Å². The maximum atomic E-state index is 13.4. The predicted molar refractivity (Wildman–Crippen MR) is 117 cm³/mol. The summed E-state index contributed by atoms with van der Waals surface area (Å²) < 4.78 is 58.5. The third kappa shape index (κ3) is 5.26. The van der Waals surface area contributed by atoms with Crippen LogP contribution in [0.5, 0.6) is 5.75 Å². The highest BCUT2D eigenvalue weighted by Gasteiger charge is 2.40. The Morgan fingerprint density at radius 3 is 2.47 bits per heavy atom. The Morgan fingerprint density at radius 2 is 1.81 bits per heavy atom. The second-order valence-electron chi connectivity index (χ2n) is 8.97. The van der Waals surface area contributed by atoms with E-state index in [1.165, 1.54) is 4.90 Å². The molecule has 7 heteroatoms. The summed E-state index contributed by atoms with van der Waals surface area (Å²) >= 11 is 0. The van der Waals surface area contributed by atoms with Crippen molar-refractivity contribution >= 4 is 0 Å². The second-order valence-corrected chi connectivity index (χ2v) is 8.97. The number of likely N-dealkylation sites (tertiary alicyclic amines) is 1. The lowest BCUT2D eigenvalue weighted by Gasteiger charge is -2.42.